The molecule has 128 valence electrons. The van der Waals surface area contributed by atoms with Crippen LogP contribution >= 0.6 is 0 Å². The molecule has 23 heavy (non-hydrogen) atoms. The zero-order valence-electron chi connectivity index (χ0n) is 14.9. The van der Waals surface area contributed by atoms with Gasteiger partial charge in [-0.25, -0.2) is 4.79 Å². The third-order valence-corrected chi connectivity index (χ3v) is 4.43. The van der Waals surface area contributed by atoms with E-state index in [0.717, 1.165) is 12.0 Å². The summed E-state index contributed by atoms with van der Waals surface area (Å²) in [6.07, 6.45) is 1.71. The number of hydrogen-bond donors (Lipinski definition) is 1. The Bertz CT molecular complexity index is 564. The normalized spacial score (nSPS) is 25.3. The summed E-state index contributed by atoms with van der Waals surface area (Å²) in [7, 11) is 0. The van der Waals surface area contributed by atoms with Gasteiger partial charge < -0.3 is 14.7 Å². The lowest BCUT2D eigenvalue weighted by atomic mass is 9.81. The summed E-state index contributed by atoms with van der Waals surface area (Å²) in [5, 5.41) is 11.1. The molecule has 0 aliphatic carbocycles. The molecular formula is C19H29NO3. The molecule has 1 fully saturated rings. The number of piperidine rings is 1. The van der Waals surface area contributed by atoms with Crippen LogP contribution in [-0.2, 0) is 16.8 Å². The van der Waals surface area contributed by atoms with E-state index in [-0.39, 0.29) is 12.1 Å². The molecule has 2 atom stereocenters. The lowest BCUT2D eigenvalue weighted by Crippen LogP contribution is -2.51. The fourth-order valence-electron chi connectivity index (χ4n) is 3.16. The Labute approximate surface area is 139 Å². The van der Waals surface area contributed by atoms with Crippen LogP contribution < -0.4 is 0 Å². The van der Waals surface area contributed by atoms with Crippen molar-refractivity contribution in [2.24, 2.45) is 0 Å². The molecule has 0 bridgehead atoms. The van der Waals surface area contributed by atoms with Gasteiger partial charge in [0.1, 0.15) is 5.60 Å². The van der Waals surface area contributed by atoms with E-state index in [9.17, 15) is 9.90 Å². The molecule has 1 heterocycles. The molecule has 1 aliphatic rings. The van der Waals surface area contributed by atoms with Gasteiger partial charge in [0.25, 0.3) is 0 Å². The predicted octanol–water partition coefficient (Wildman–Crippen LogP) is 3.86. The zero-order chi connectivity index (χ0) is 17.3. The first-order valence-electron chi connectivity index (χ1n) is 8.46. The average molecular weight is 319 g/mol. The molecule has 1 aromatic carbocycles. The second kappa shape index (κ2) is 6.52. The maximum atomic E-state index is 12.3. The molecule has 0 saturated carbocycles. The van der Waals surface area contributed by atoms with E-state index in [4.69, 9.17) is 4.74 Å². The molecule has 1 aliphatic heterocycles. The van der Waals surface area contributed by atoms with Crippen molar-refractivity contribution in [2.75, 3.05) is 6.54 Å². The molecule has 1 N–H and O–H groups in total. The van der Waals surface area contributed by atoms with Crippen LogP contribution in [0.5, 0.6) is 0 Å². The molecule has 4 nitrogen and oxygen atoms in total. The highest BCUT2D eigenvalue weighted by Crippen LogP contribution is 2.36. The standard InChI is InChI=1S/C19H29NO3/c1-6-15-8-7-9-16(12-15)19(22)10-11-20(14(2)13-19)17(21)23-18(3,4)5/h7-9,12,14,22H,6,10-11,13H2,1-5H3. The van der Waals surface area contributed by atoms with E-state index in [0.29, 0.717) is 19.4 Å². The number of aryl methyl sites for hydroxylation is 1. The maximum absolute atomic E-state index is 12.3. The summed E-state index contributed by atoms with van der Waals surface area (Å²) < 4.78 is 5.46. The number of benzene rings is 1. The molecular weight excluding hydrogens is 290 g/mol. The predicted molar refractivity (Wildman–Crippen MR) is 91.4 cm³/mol. The van der Waals surface area contributed by atoms with E-state index in [1.165, 1.54) is 5.56 Å². The summed E-state index contributed by atoms with van der Waals surface area (Å²) in [4.78, 5) is 14.0. The first-order chi connectivity index (χ1) is 10.6. The monoisotopic (exact) mass is 319 g/mol. The number of ether oxygens (including phenoxy) is 1. The number of rotatable bonds is 2. The van der Waals surface area contributed by atoms with E-state index < -0.39 is 11.2 Å². The molecule has 2 rings (SSSR count). The second-order valence-corrected chi connectivity index (χ2v) is 7.56. The van der Waals surface area contributed by atoms with Crippen LogP contribution in [-0.4, -0.2) is 34.3 Å². The van der Waals surface area contributed by atoms with Gasteiger partial charge in [-0.2, -0.15) is 0 Å². The highest BCUT2D eigenvalue weighted by atomic mass is 16.6. The van der Waals surface area contributed by atoms with Crippen LogP contribution in [0.4, 0.5) is 4.79 Å². The number of aliphatic hydroxyl groups is 1. The number of hydrogen-bond acceptors (Lipinski definition) is 3. The Balaban J connectivity index is 2.12. The van der Waals surface area contributed by atoms with Crippen LogP contribution in [0, 0.1) is 0 Å². The average Bonchev–Trinajstić information content (AvgIpc) is 2.45. The highest BCUT2D eigenvalue weighted by Gasteiger charge is 2.40. The summed E-state index contributed by atoms with van der Waals surface area (Å²) in [5.74, 6) is 0. The van der Waals surface area contributed by atoms with Gasteiger partial charge in [-0.05, 0) is 51.7 Å². The minimum absolute atomic E-state index is 0.0612. The summed E-state index contributed by atoms with van der Waals surface area (Å²) in [6, 6.07) is 8.07. The van der Waals surface area contributed by atoms with Crippen LogP contribution in [0.25, 0.3) is 0 Å². The van der Waals surface area contributed by atoms with Crippen LogP contribution in [0.15, 0.2) is 24.3 Å². The van der Waals surface area contributed by atoms with Gasteiger partial charge in [0.15, 0.2) is 0 Å². The molecule has 1 saturated heterocycles. The number of carbonyl (C=O) groups is 1. The lowest BCUT2D eigenvalue weighted by Gasteiger charge is -2.43. The Kier molecular flexibility index (Phi) is 5.04. The number of nitrogens with zero attached hydrogens (tertiary/aromatic N) is 1. The van der Waals surface area contributed by atoms with Crippen molar-refractivity contribution in [3.63, 3.8) is 0 Å². The quantitative estimate of drug-likeness (QED) is 0.900. The number of carbonyl (C=O) groups excluding carboxylic acids is 1. The van der Waals surface area contributed by atoms with Crippen molar-refractivity contribution < 1.29 is 14.6 Å². The molecule has 0 aromatic heterocycles. The van der Waals surface area contributed by atoms with Gasteiger partial charge in [0, 0.05) is 19.0 Å². The Morgan fingerprint density at radius 2 is 2.13 bits per heavy atom. The van der Waals surface area contributed by atoms with Crippen molar-refractivity contribution in [1.29, 1.82) is 0 Å². The molecule has 1 amide bonds. The fourth-order valence-corrected chi connectivity index (χ4v) is 3.16. The highest BCUT2D eigenvalue weighted by molar-refractivity contribution is 5.68. The van der Waals surface area contributed by atoms with Crippen molar-refractivity contribution in [2.45, 2.75) is 71.1 Å². The third kappa shape index (κ3) is 4.25. The largest absolute Gasteiger partial charge is 0.444 e. The second-order valence-electron chi connectivity index (χ2n) is 7.56. The molecule has 0 radical (unpaired) electrons. The first kappa shape index (κ1) is 17.8. The number of likely N-dealkylation sites (tertiary alicyclic amines) is 1. The van der Waals surface area contributed by atoms with Crippen LogP contribution in [0.1, 0.15) is 58.6 Å². The first-order valence-corrected chi connectivity index (χ1v) is 8.46. The van der Waals surface area contributed by atoms with Gasteiger partial charge in [-0.15, -0.1) is 0 Å². The van der Waals surface area contributed by atoms with Gasteiger partial charge in [0.2, 0.25) is 0 Å². The molecule has 0 spiro atoms. The molecule has 1 aromatic rings. The third-order valence-electron chi connectivity index (χ3n) is 4.43. The van der Waals surface area contributed by atoms with Gasteiger partial charge in [-0.1, -0.05) is 31.2 Å². The van der Waals surface area contributed by atoms with Gasteiger partial charge >= 0.3 is 6.09 Å². The molecule has 4 heteroatoms. The summed E-state index contributed by atoms with van der Waals surface area (Å²) >= 11 is 0. The molecule has 2 unspecified atom stereocenters. The van der Waals surface area contributed by atoms with E-state index in [1.807, 2.05) is 39.8 Å². The van der Waals surface area contributed by atoms with Crippen molar-refractivity contribution in [1.82, 2.24) is 4.90 Å². The van der Waals surface area contributed by atoms with Crippen molar-refractivity contribution >= 4 is 6.09 Å². The lowest BCUT2D eigenvalue weighted by molar-refractivity contribution is -0.0546. The minimum Gasteiger partial charge on any atom is -0.444 e. The van der Waals surface area contributed by atoms with Crippen molar-refractivity contribution in [3.8, 4) is 0 Å². The maximum Gasteiger partial charge on any atom is 0.410 e. The van der Waals surface area contributed by atoms with E-state index >= 15 is 0 Å². The van der Waals surface area contributed by atoms with E-state index in [2.05, 4.69) is 19.1 Å². The Hall–Kier alpha value is -1.55. The Morgan fingerprint density at radius 3 is 2.70 bits per heavy atom. The summed E-state index contributed by atoms with van der Waals surface area (Å²) in [5.41, 5.74) is 0.800. The van der Waals surface area contributed by atoms with Gasteiger partial charge in [0.05, 0.1) is 5.60 Å². The van der Waals surface area contributed by atoms with Gasteiger partial charge in [-0.3, -0.25) is 0 Å². The number of amides is 1. The Morgan fingerprint density at radius 1 is 1.43 bits per heavy atom. The zero-order valence-corrected chi connectivity index (χ0v) is 14.9. The smallest absolute Gasteiger partial charge is 0.410 e. The summed E-state index contributed by atoms with van der Waals surface area (Å²) in [6.45, 7) is 10.2. The SMILES string of the molecule is CCc1cccc(C2(O)CCN(C(=O)OC(C)(C)C)C(C)C2)c1. The van der Waals surface area contributed by atoms with Crippen LogP contribution in [0.2, 0.25) is 0 Å². The fraction of sp³-hybridized carbons (Fsp3) is 0.632. The topological polar surface area (TPSA) is 49.8 Å². The van der Waals surface area contributed by atoms with Crippen LogP contribution in [0.3, 0.4) is 0 Å². The van der Waals surface area contributed by atoms with Crippen molar-refractivity contribution in [3.05, 3.63) is 35.4 Å². The minimum atomic E-state index is -0.872. The van der Waals surface area contributed by atoms with E-state index in [1.54, 1.807) is 4.90 Å².